The summed E-state index contributed by atoms with van der Waals surface area (Å²) in [7, 11) is 0. The average molecular weight is 279 g/mol. The lowest BCUT2D eigenvalue weighted by Crippen LogP contribution is -1.98. The van der Waals surface area contributed by atoms with Crippen LogP contribution in [-0.2, 0) is 0 Å². The molecule has 94 valence electrons. The molecule has 0 bridgehead atoms. The first-order valence-electron chi connectivity index (χ1n) is 5.74. The van der Waals surface area contributed by atoms with Crippen LogP contribution in [0.25, 0.3) is 11.4 Å². The Morgan fingerprint density at radius 2 is 1.89 bits per heavy atom. The SMILES string of the molecule is CSc1ccc(-c2ncc(C(C)Cl)c(C)n2)cc1. The molecule has 2 nitrogen and oxygen atoms in total. The van der Waals surface area contributed by atoms with E-state index in [0.29, 0.717) is 0 Å². The smallest absolute Gasteiger partial charge is 0.159 e. The molecular weight excluding hydrogens is 264 g/mol. The van der Waals surface area contributed by atoms with Gasteiger partial charge in [0.05, 0.1) is 5.38 Å². The Hall–Kier alpha value is -1.06. The van der Waals surface area contributed by atoms with Crippen LogP contribution in [0.15, 0.2) is 35.4 Å². The van der Waals surface area contributed by atoms with Gasteiger partial charge in [-0.3, -0.25) is 0 Å². The summed E-state index contributed by atoms with van der Waals surface area (Å²) in [6, 6.07) is 8.25. The Morgan fingerprint density at radius 1 is 1.22 bits per heavy atom. The predicted octanol–water partition coefficient (Wildman–Crippen LogP) is 4.47. The highest BCUT2D eigenvalue weighted by molar-refractivity contribution is 7.98. The molecule has 0 aliphatic rings. The maximum Gasteiger partial charge on any atom is 0.159 e. The summed E-state index contributed by atoms with van der Waals surface area (Å²) in [6.45, 7) is 3.90. The zero-order valence-corrected chi connectivity index (χ0v) is 12.2. The third-order valence-corrected chi connectivity index (χ3v) is 3.77. The molecule has 1 heterocycles. The van der Waals surface area contributed by atoms with Crippen molar-refractivity contribution in [1.82, 2.24) is 9.97 Å². The maximum atomic E-state index is 6.06. The highest BCUT2D eigenvalue weighted by Gasteiger charge is 2.09. The van der Waals surface area contributed by atoms with Gasteiger partial charge in [-0.05, 0) is 32.2 Å². The topological polar surface area (TPSA) is 25.8 Å². The third kappa shape index (κ3) is 2.85. The van der Waals surface area contributed by atoms with Gasteiger partial charge in [-0.25, -0.2) is 9.97 Å². The largest absolute Gasteiger partial charge is 0.236 e. The Labute approximate surface area is 117 Å². The van der Waals surface area contributed by atoms with E-state index in [1.54, 1.807) is 11.8 Å². The molecule has 18 heavy (non-hydrogen) atoms. The zero-order valence-electron chi connectivity index (χ0n) is 10.6. The van der Waals surface area contributed by atoms with Gasteiger partial charge in [-0.2, -0.15) is 0 Å². The van der Waals surface area contributed by atoms with Crippen LogP contribution in [0.2, 0.25) is 0 Å². The van der Waals surface area contributed by atoms with E-state index < -0.39 is 0 Å². The number of aryl methyl sites for hydroxylation is 1. The fraction of sp³-hybridized carbons (Fsp3) is 0.286. The van der Waals surface area contributed by atoms with E-state index in [1.165, 1.54) is 4.90 Å². The van der Waals surface area contributed by atoms with Gasteiger partial charge in [0.25, 0.3) is 0 Å². The molecule has 0 aliphatic carbocycles. The molecule has 1 aromatic carbocycles. The number of halogens is 1. The van der Waals surface area contributed by atoms with Crippen LogP contribution in [-0.4, -0.2) is 16.2 Å². The van der Waals surface area contributed by atoms with Crippen molar-refractivity contribution in [2.45, 2.75) is 24.1 Å². The average Bonchev–Trinajstić information content (AvgIpc) is 2.38. The van der Waals surface area contributed by atoms with Gasteiger partial charge in [0, 0.05) is 27.9 Å². The lowest BCUT2D eigenvalue weighted by Gasteiger charge is -2.08. The summed E-state index contributed by atoms with van der Waals surface area (Å²) in [4.78, 5) is 10.1. The van der Waals surface area contributed by atoms with Crippen LogP contribution >= 0.6 is 23.4 Å². The Morgan fingerprint density at radius 3 is 2.39 bits per heavy atom. The zero-order chi connectivity index (χ0) is 13.1. The van der Waals surface area contributed by atoms with Gasteiger partial charge < -0.3 is 0 Å². The molecule has 0 N–H and O–H groups in total. The minimum absolute atomic E-state index is 0.0575. The first-order valence-corrected chi connectivity index (χ1v) is 7.40. The van der Waals surface area contributed by atoms with Gasteiger partial charge in [0.1, 0.15) is 0 Å². The Balaban J connectivity index is 2.36. The first kappa shape index (κ1) is 13.4. The van der Waals surface area contributed by atoms with Crippen molar-refractivity contribution in [3.05, 3.63) is 41.7 Å². The highest BCUT2D eigenvalue weighted by Crippen LogP contribution is 2.24. The van der Waals surface area contributed by atoms with E-state index in [4.69, 9.17) is 11.6 Å². The standard InChI is InChI=1S/C14H15ClN2S/c1-9(15)13-8-16-14(17-10(13)2)11-4-6-12(18-3)7-5-11/h4-9H,1-3H3. The second-order valence-corrected chi connectivity index (χ2v) is 5.61. The number of rotatable bonds is 3. The van der Waals surface area contributed by atoms with E-state index >= 15 is 0 Å². The molecular formula is C14H15ClN2S. The molecule has 1 unspecified atom stereocenters. The minimum Gasteiger partial charge on any atom is -0.236 e. The normalized spacial score (nSPS) is 12.4. The summed E-state index contributed by atoms with van der Waals surface area (Å²) in [5.74, 6) is 0.751. The Kier molecular flexibility index (Phi) is 4.25. The first-order chi connectivity index (χ1) is 8.61. The van der Waals surface area contributed by atoms with Crippen LogP contribution in [0.4, 0.5) is 0 Å². The van der Waals surface area contributed by atoms with E-state index in [0.717, 1.165) is 22.6 Å². The van der Waals surface area contributed by atoms with E-state index in [2.05, 4.69) is 28.4 Å². The fourth-order valence-electron chi connectivity index (χ4n) is 1.75. The second kappa shape index (κ2) is 5.72. The Bertz CT molecular complexity index is 538. The van der Waals surface area contributed by atoms with Crippen molar-refractivity contribution < 1.29 is 0 Å². The van der Waals surface area contributed by atoms with Crippen LogP contribution in [0.3, 0.4) is 0 Å². The van der Waals surface area contributed by atoms with Crippen LogP contribution in [0.5, 0.6) is 0 Å². The molecule has 4 heteroatoms. The van der Waals surface area contributed by atoms with Gasteiger partial charge in [-0.15, -0.1) is 23.4 Å². The molecule has 0 amide bonds. The number of hydrogen-bond donors (Lipinski definition) is 0. The molecule has 0 spiro atoms. The minimum atomic E-state index is -0.0575. The molecule has 1 aromatic heterocycles. The van der Waals surface area contributed by atoms with Crippen molar-refractivity contribution in [2.24, 2.45) is 0 Å². The van der Waals surface area contributed by atoms with Gasteiger partial charge in [0.2, 0.25) is 0 Å². The van der Waals surface area contributed by atoms with Crippen LogP contribution < -0.4 is 0 Å². The number of nitrogens with zero attached hydrogens (tertiary/aromatic N) is 2. The molecule has 0 radical (unpaired) electrons. The number of thioether (sulfide) groups is 1. The maximum absolute atomic E-state index is 6.06. The van der Waals surface area contributed by atoms with E-state index in [-0.39, 0.29) is 5.38 Å². The van der Waals surface area contributed by atoms with Crippen LogP contribution in [0.1, 0.15) is 23.6 Å². The monoisotopic (exact) mass is 278 g/mol. The lowest BCUT2D eigenvalue weighted by molar-refractivity contribution is 0.976. The number of hydrogen-bond acceptors (Lipinski definition) is 3. The molecule has 0 saturated carbocycles. The molecule has 2 aromatic rings. The number of alkyl halides is 1. The van der Waals surface area contributed by atoms with Crippen molar-refractivity contribution in [3.8, 4) is 11.4 Å². The van der Waals surface area contributed by atoms with E-state index in [1.807, 2.05) is 32.2 Å². The summed E-state index contributed by atoms with van der Waals surface area (Å²) >= 11 is 7.79. The summed E-state index contributed by atoms with van der Waals surface area (Å²) in [5.41, 5.74) is 2.96. The summed E-state index contributed by atoms with van der Waals surface area (Å²) < 4.78 is 0. The molecule has 1 atom stereocenters. The lowest BCUT2D eigenvalue weighted by atomic mass is 10.1. The fourth-order valence-corrected chi connectivity index (χ4v) is 2.37. The van der Waals surface area contributed by atoms with Gasteiger partial charge in [-0.1, -0.05) is 12.1 Å². The molecule has 0 saturated heterocycles. The van der Waals surface area contributed by atoms with Crippen molar-refractivity contribution >= 4 is 23.4 Å². The molecule has 0 fully saturated rings. The van der Waals surface area contributed by atoms with Crippen LogP contribution in [0, 0.1) is 6.92 Å². The van der Waals surface area contributed by atoms with Gasteiger partial charge in [0.15, 0.2) is 5.82 Å². The van der Waals surface area contributed by atoms with Crippen molar-refractivity contribution in [3.63, 3.8) is 0 Å². The number of benzene rings is 1. The van der Waals surface area contributed by atoms with Crippen molar-refractivity contribution in [1.29, 1.82) is 0 Å². The summed E-state index contributed by atoms with van der Waals surface area (Å²) in [6.07, 6.45) is 3.88. The second-order valence-electron chi connectivity index (χ2n) is 4.08. The van der Waals surface area contributed by atoms with Gasteiger partial charge >= 0.3 is 0 Å². The van der Waals surface area contributed by atoms with Crippen molar-refractivity contribution in [2.75, 3.05) is 6.26 Å². The van der Waals surface area contributed by atoms with E-state index in [9.17, 15) is 0 Å². The third-order valence-electron chi connectivity index (χ3n) is 2.79. The molecule has 2 rings (SSSR count). The molecule has 0 aliphatic heterocycles. The quantitative estimate of drug-likeness (QED) is 0.612. The highest BCUT2D eigenvalue weighted by atomic mass is 35.5. The summed E-state index contributed by atoms with van der Waals surface area (Å²) in [5, 5.41) is -0.0575. The number of aromatic nitrogens is 2. The predicted molar refractivity (Wildman–Crippen MR) is 78.3 cm³/mol.